The third kappa shape index (κ3) is 2.24. The molecular formula is C5H9F2NO. The third-order valence-electron chi connectivity index (χ3n) is 1.33. The second kappa shape index (κ2) is 3.08. The maximum absolute atomic E-state index is 11.3. The lowest BCUT2D eigenvalue weighted by Crippen LogP contribution is -2.39. The fraction of sp³-hybridized carbons (Fsp3) is 1.00. The summed E-state index contributed by atoms with van der Waals surface area (Å²) in [5, 5.41) is 0. The number of hydrogen-bond acceptors (Lipinski definition) is 2. The number of nitrogens with zero attached hydrogens (tertiary/aromatic N) is 1. The highest BCUT2D eigenvalue weighted by Crippen LogP contribution is 2.06. The molecule has 0 N–H and O–H groups in total. The first-order chi connectivity index (χ1) is 4.29. The van der Waals surface area contributed by atoms with Crippen molar-refractivity contribution in [2.75, 3.05) is 19.8 Å². The molecule has 0 unspecified atom stereocenters. The zero-order valence-electron chi connectivity index (χ0n) is 5.02. The van der Waals surface area contributed by atoms with Crippen LogP contribution in [-0.4, -0.2) is 31.3 Å². The molecule has 4 heteroatoms. The topological polar surface area (TPSA) is 12.5 Å². The number of rotatable bonds is 3. The molecule has 54 valence electrons. The Labute approximate surface area is 52.4 Å². The Morgan fingerprint density at radius 3 is 2.44 bits per heavy atom. The minimum Gasteiger partial charge on any atom is -0.307 e. The van der Waals surface area contributed by atoms with Gasteiger partial charge in [-0.2, -0.15) is 8.78 Å². The molecule has 1 fully saturated rings. The molecule has 2 nitrogen and oxygen atoms in total. The summed E-state index contributed by atoms with van der Waals surface area (Å²) in [4.78, 5) is 1.83. The summed E-state index contributed by atoms with van der Waals surface area (Å²) in [5.74, 6) is 0. The molecule has 0 aromatic carbocycles. The van der Waals surface area contributed by atoms with Crippen molar-refractivity contribution in [2.45, 2.75) is 13.0 Å². The maximum Gasteiger partial charge on any atom is 0.346 e. The summed E-state index contributed by atoms with van der Waals surface area (Å²) in [7, 11) is 0. The molecule has 0 atom stereocenters. The standard InChI is InChI=1S/C5H9F2NO/c6-5(7)9-4-8-2-1-3-8/h5H,1-4H2. The molecule has 1 aliphatic rings. The molecule has 1 rings (SSSR count). The lowest BCUT2D eigenvalue weighted by Gasteiger charge is -2.29. The van der Waals surface area contributed by atoms with Crippen LogP contribution in [0.5, 0.6) is 0 Å². The molecule has 0 amide bonds. The predicted molar refractivity (Wildman–Crippen MR) is 28.1 cm³/mol. The minimum absolute atomic E-state index is 0.0810. The van der Waals surface area contributed by atoms with Crippen LogP contribution in [0.3, 0.4) is 0 Å². The van der Waals surface area contributed by atoms with E-state index < -0.39 is 6.61 Å². The number of ether oxygens (including phenoxy) is 1. The second-order valence-corrected chi connectivity index (χ2v) is 2.03. The highest BCUT2D eigenvalue weighted by Gasteiger charge is 2.14. The monoisotopic (exact) mass is 137 g/mol. The van der Waals surface area contributed by atoms with Gasteiger partial charge >= 0.3 is 6.61 Å². The van der Waals surface area contributed by atoms with Gasteiger partial charge in [-0.25, -0.2) is 0 Å². The van der Waals surface area contributed by atoms with E-state index >= 15 is 0 Å². The highest BCUT2D eigenvalue weighted by atomic mass is 19.3. The fourth-order valence-electron chi connectivity index (χ4n) is 0.673. The molecule has 0 saturated carbocycles. The van der Waals surface area contributed by atoms with Gasteiger partial charge in [-0.3, -0.25) is 4.90 Å². The average Bonchev–Trinajstić information content (AvgIpc) is 1.60. The molecule has 0 spiro atoms. The van der Waals surface area contributed by atoms with Gasteiger partial charge in [0.05, 0.1) is 0 Å². The van der Waals surface area contributed by atoms with E-state index in [2.05, 4.69) is 4.74 Å². The van der Waals surface area contributed by atoms with Crippen molar-refractivity contribution in [2.24, 2.45) is 0 Å². The van der Waals surface area contributed by atoms with Crippen molar-refractivity contribution in [3.63, 3.8) is 0 Å². The molecule has 1 aliphatic heterocycles. The predicted octanol–water partition coefficient (Wildman–Crippen LogP) is 0.889. The van der Waals surface area contributed by atoms with E-state index in [0.717, 1.165) is 19.5 Å². The Morgan fingerprint density at radius 1 is 1.44 bits per heavy atom. The van der Waals surface area contributed by atoms with Crippen LogP contribution in [-0.2, 0) is 4.74 Å². The van der Waals surface area contributed by atoms with Crippen LogP contribution in [0, 0.1) is 0 Å². The number of hydrogen-bond donors (Lipinski definition) is 0. The summed E-state index contributed by atoms with van der Waals surface area (Å²) < 4.78 is 26.7. The molecule has 0 aromatic heterocycles. The normalized spacial score (nSPS) is 20.3. The van der Waals surface area contributed by atoms with Crippen molar-refractivity contribution < 1.29 is 13.5 Å². The maximum atomic E-state index is 11.3. The van der Waals surface area contributed by atoms with E-state index in [1.54, 1.807) is 0 Å². The zero-order chi connectivity index (χ0) is 6.69. The van der Waals surface area contributed by atoms with Crippen LogP contribution in [0.1, 0.15) is 6.42 Å². The number of halogens is 2. The molecule has 1 saturated heterocycles. The lowest BCUT2D eigenvalue weighted by molar-refractivity contribution is -0.166. The summed E-state index contributed by atoms with van der Waals surface area (Å²) in [6.45, 7) is -0.748. The van der Waals surface area contributed by atoms with Gasteiger partial charge in [-0.1, -0.05) is 0 Å². The van der Waals surface area contributed by atoms with Gasteiger partial charge in [0.2, 0.25) is 0 Å². The van der Waals surface area contributed by atoms with Crippen molar-refractivity contribution in [1.29, 1.82) is 0 Å². The first kappa shape index (κ1) is 6.89. The fourth-order valence-corrected chi connectivity index (χ4v) is 0.673. The van der Waals surface area contributed by atoms with E-state index in [1.165, 1.54) is 0 Å². The summed E-state index contributed by atoms with van der Waals surface area (Å²) in [6.07, 6.45) is 1.10. The molecule has 9 heavy (non-hydrogen) atoms. The van der Waals surface area contributed by atoms with Gasteiger partial charge in [0, 0.05) is 13.1 Å². The zero-order valence-corrected chi connectivity index (χ0v) is 5.02. The van der Waals surface area contributed by atoms with Crippen LogP contribution in [0.2, 0.25) is 0 Å². The number of likely N-dealkylation sites (tertiary alicyclic amines) is 1. The van der Waals surface area contributed by atoms with E-state index in [1.807, 2.05) is 4.90 Å². The van der Waals surface area contributed by atoms with E-state index in [0.29, 0.717) is 0 Å². The highest BCUT2D eigenvalue weighted by molar-refractivity contribution is 4.63. The third-order valence-corrected chi connectivity index (χ3v) is 1.33. The smallest absolute Gasteiger partial charge is 0.307 e. The lowest BCUT2D eigenvalue weighted by atomic mass is 10.2. The molecular weight excluding hydrogens is 128 g/mol. The SMILES string of the molecule is FC(F)OCN1CCC1. The van der Waals surface area contributed by atoms with Crippen LogP contribution in [0.15, 0.2) is 0 Å². The van der Waals surface area contributed by atoms with E-state index in [9.17, 15) is 8.78 Å². The van der Waals surface area contributed by atoms with Gasteiger partial charge in [0.25, 0.3) is 0 Å². The molecule has 0 aromatic rings. The van der Waals surface area contributed by atoms with Crippen LogP contribution in [0.25, 0.3) is 0 Å². The van der Waals surface area contributed by atoms with Gasteiger partial charge in [0.15, 0.2) is 0 Å². The Morgan fingerprint density at radius 2 is 2.11 bits per heavy atom. The van der Waals surface area contributed by atoms with Crippen LogP contribution in [0.4, 0.5) is 8.78 Å². The number of alkyl halides is 2. The summed E-state index contributed by atoms with van der Waals surface area (Å²) >= 11 is 0. The second-order valence-electron chi connectivity index (χ2n) is 2.03. The van der Waals surface area contributed by atoms with Crippen LogP contribution < -0.4 is 0 Å². The van der Waals surface area contributed by atoms with E-state index in [4.69, 9.17) is 0 Å². The molecule has 0 bridgehead atoms. The van der Waals surface area contributed by atoms with Crippen molar-refractivity contribution in [3.8, 4) is 0 Å². The van der Waals surface area contributed by atoms with Gasteiger partial charge in [0.1, 0.15) is 6.73 Å². The Kier molecular flexibility index (Phi) is 2.36. The largest absolute Gasteiger partial charge is 0.346 e. The van der Waals surface area contributed by atoms with Gasteiger partial charge in [-0.15, -0.1) is 0 Å². The molecule has 1 heterocycles. The Bertz CT molecular complexity index is 85.0. The average molecular weight is 137 g/mol. The minimum atomic E-state index is -2.62. The van der Waals surface area contributed by atoms with Crippen molar-refractivity contribution >= 4 is 0 Å². The quantitative estimate of drug-likeness (QED) is 0.572. The van der Waals surface area contributed by atoms with Crippen molar-refractivity contribution in [3.05, 3.63) is 0 Å². The van der Waals surface area contributed by atoms with Gasteiger partial charge in [-0.05, 0) is 6.42 Å². The first-order valence-electron chi connectivity index (χ1n) is 2.91. The first-order valence-corrected chi connectivity index (χ1v) is 2.91. The Hall–Kier alpha value is -0.220. The van der Waals surface area contributed by atoms with E-state index in [-0.39, 0.29) is 6.73 Å². The molecule has 0 radical (unpaired) electrons. The van der Waals surface area contributed by atoms with Crippen LogP contribution >= 0.6 is 0 Å². The Balaban J connectivity index is 1.91. The van der Waals surface area contributed by atoms with Crippen molar-refractivity contribution in [1.82, 2.24) is 4.90 Å². The molecule has 0 aliphatic carbocycles. The van der Waals surface area contributed by atoms with Gasteiger partial charge < -0.3 is 4.74 Å². The summed E-state index contributed by atoms with van der Waals surface area (Å²) in [6, 6.07) is 0. The summed E-state index contributed by atoms with van der Waals surface area (Å²) in [5.41, 5.74) is 0.